The summed E-state index contributed by atoms with van der Waals surface area (Å²) in [6.07, 6.45) is 1.97. The Morgan fingerprint density at radius 2 is 1.68 bits per heavy atom. The van der Waals surface area contributed by atoms with Gasteiger partial charge in [0.05, 0.1) is 0 Å². The highest BCUT2D eigenvalue weighted by atomic mass is 19.2. The minimum Gasteiger partial charge on any atom is -0.321 e. The Bertz CT molecular complexity index is 624. The summed E-state index contributed by atoms with van der Waals surface area (Å²) in [6.45, 7) is 0. The normalized spacial score (nSPS) is 22.1. The average Bonchev–Trinajstić information content (AvgIpc) is 2.41. The first-order valence-electron chi connectivity index (χ1n) is 6.40. The van der Waals surface area contributed by atoms with Crippen LogP contribution in [0.25, 0.3) is 0 Å². The largest absolute Gasteiger partial charge is 0.321 e. The van der Waals surface area contributed by atoms with E-state index < -0.39 is 17.2 Å². The molecule has 1 unspecified atom stereocenters. The molecule has 1 aliphatic rings. The van der Waals surface area contributed by atoms with Gasteiger partial charge in [-0.2, -0.15) is 0 Å². The first kappa shape index (κ1) is 12.3. The molecule has 1 atom stereocenters. The molecule has 1 nitrogen and oxygen atoms in total. The van der Waals surface area contributed by atoms with Gasteiger partial charge in [-0.3, -0.25) is 0 Å². The van der Waals surface area contributed by atoms with Gasteiger partial charge in [-0.1, -0.05) is 36.4 Å². The number of aryl methyl sites for hydroxylation is 1. The molecule has 98 valence electrons. The second-order valence-electron chi connectivity index (χ2n) is 5.20. The third-order valence-corrected chi connectivity index (χ3v) is 3.95. The number of nitrogens with two attached hydrogens (primary N) is 1. The van der Waals surface area contributed by atoms with E-state index in [2.05, 4.69) is 6.07 Å². The van der Waals surface area contributed by atoms with E-state index in [1.807, 2.05) is 18.2 Å². The Labute approximate surface area is 111 Å². The van der Waals surface area contributed by atoms with Gasteiger partial charge in [-0.25, -0.2) is 8.78 Å². The fourth-order valence-corrected chi connectivity index (χ4v) is 2.88. The van der Waals surface area contributed by atoms with E-state index in [-0.39, 0.29) is 5.56 Å². The van der Waals surface area contributed by atoms with E-state index in [0.717, 1.165) is 18.1 Å². The summed E-state index contributed by atoms with van der Waals surface area (Å²) < 4.78 is 27.3. The van der Waals surface area contributed by atoms with Crippen LogP contribution in [0, 0.1) is 11.6 Å². The molecule has 0 bridgehead atoms. The van der Waals surface area contributed by atoms with E-state index >= 15 is 0 Å². The van der Waals surface area contributed by atoms with Gasteiger partial charge in [-0.05, 0) is 36.5 Å². The Hall–Kier alpha value is -1.74. The van der Waals surface area contributed by atoms with Crippen molar-refractivity contribution >= 4 is 0 Å². The van der Waals surface area contributed by atoms with Crippen LogP contribution in [0.2, 0.25) is 0 Å². The molecule has 0 aliphatic heterocycles. The molecular formula is C16H15F2N. The summed E-state index contributed by atoms with van der Waals surface area (Å²) in [5, 5.41) is 0. The van der Waals surface area contributed by atoms with E-state index in [0.29, 0.717) is 12.8 Å². The summed E-state index contributed by atoms with van der Waals surface area (Å²) >= 11 is 0. The van der Waals surface area contributed by atoms with Crippen molar-refractivity contribution in [1.29, 1.82) is 0 Å². The topological polar surface area (TPSA) is 26.0 Å². The summed E-state index contributed by atoms with van der Waals surface area (Å²) in [5.41, 5.74) is 8.19. The van der Waals surface area contributed by atoms with Crippen molar-refractivity contribution in [2.24, 2.45) is 5.73 Å². The van der Waals surface area contributed by atoms with E-state index in [1.54, 1.807) is 6.07 Å². The summed E-state index contributed by atoms with van der Waals surface area (Å²) in [6, 6.07) is 12.2. The standard InChI is InChI=1S/C16H15F2N/c17-14-7-3-6-13(15(14)18)16(19)9-8-11-4-1-2-5-12(11)10-16/h1-7H,8-10,19H2. The summed E-state index contributed by atoms with van der Waals surface area (Å²) in [5.74, 6) is -1.65. The van der Waals surface area contributed by atoms with Crippen molar-refractivity contribution in [2.45, 2.75) is 24.8 Å². The molecule has 19 heavy (non-hydrogen) atoms. The van der Waals surface area contributed by atoms with E-state index in [1.165, 1.54) is 11.6 Å². The van der Waals surface area contributed by atoms with Gasteiger partial charge in [-0.15, -0.1) is 0 Å². The Morgan fingerprint density at radius 3 is 2.47 bits per heavy atom. The lowest BCUT2D eigenvalue weighted by molar-refractivity contribution is 0.359. The zero-order valence-electron chi connectivity index (χ0n) is 10.5. The van der Waals surface area contributed by atoms with Crippen LogP contribution in [-0.4, -0.2) is 0 Å². The zero-order valence-corrected chi connectivity index (χ0v) is 10.5. The molecule has 0 saturated carbocycles. The van der Waals surface area contributed by atoms with Crippen molar-refractivity contribution in [1.82, 2.24) is 0 Å². The van der Waals surface area contributed by atoms with Crippen LogP contribution in [-0.2, 0) is 18.4 Å². The molecule has 0 aromatic heterocycles. The lowest BCUT2D eigenvalue weighted by atomic mass is 9.74. The Morgan fingerprint density at radius 1 is 0.947 bits per heavy atom. The third-order valence-electron chi connectivity index (χ3n) is 3.95. The molecule has 0 saturated heterocycles. The summed E-state index contributed by atoms with van der Waals surface area (Å²) in [4.78, 5) is 0. The van der Waals surface area contributed by atoms with Gasteiger partial charge < -0.3 is 5.73 Å². The molecule has 0 heterocycles. The number of benzene rings is 2. The van der Waals surface area contributed by atoms with Gasteiger partial charge in [0.1, 0.15) is 0 Å². The minimum absolute atomic E-state index is 0.280. The maximum absolute atomic E-state index is 14.0. The van der Waals surface area contributed by atoms with E-state index in [9.17, 15) is 8.78 Å². The van der Waals surface area contributed by atoms with Crippen molar-refractivity contribution in [3.8, 4) is 0 Å². The monoisotopic (exact) mass is 259 g/mol. The van der Waals surface area contributed by atoms with Crippen LogP contribution < -0.4 is 5.73 Å². The number of rotatable bonds is 1. The molecule has 0 fully saturated rings. The Kier molecular flexibility index (Phi) is 2.86. The van der Waals surface area contributed by atoms with Gasteiger partial charge in [0.2, 0.25) is 0 Å². The molecule has 3 rings (SSSR count). The van der Waals surface area contributed by atoms with Crippen molar-refractivity contribution in [3.63, 3.8) is 0 Å². The van der Waals surface area contributed by atoms with Crippen molar-refractivity contribution in [2.75, 3.05) is 0 Å². The highest BCUT2D eigenvalue weighted by Gasteiger charge is 2.34. The van der Waals surface area contributed by atoms with Crippen molar-refractivity contribution in [3.05, 3.63) is 70.8 Å². The van der Waals surface area contributed by atoms with Crippen LogP contribution in [0.5, 0.6) is 0 Å². The SMILES string of the molecule is NC1(c2cccc(F)c2F)CCc2ccccc2C1. The molecule has 0 radical (unpaired) electrons. The summed E-state index contributed by atoms with van der Waals surface area (Å²) in [7, 11) is 0. The van der Waals surface area contributed by atoms with Crippen LogP contribution in [0.3, 0.4) is 0 Å². The maximum atomic E-state index is 14.0. The molecule has 2 N–H and O–H groups in total. The highest BCUT2D eigenvalue weighted by molar-refractivity contribution is 5.37. The van der Waals surface area contributed by atoms with Crippen LogP contribution in [0.15, 0.2) is 42.5 Å². The quantitative estimate of drug-likeness (QED) is 0.835. The average molecular weight is 259 g/mol. The lowest BCUT2D eigenvalue weighted by Crippen LogP contribution is -2.43. The maximum Gasteiger partial charge on any atom is 0.163 e. The predicted molar refractivity (Wildman–Crippen MR) is 70.7 cm³/mol. The zero-order chi connectivity index (χ0) is 13.5. The van der Waals surface area contributed by atoms with Gasteiger partial charge in [0, 0.05) is 11.1 Å². The van der Waals surface area contributed by atoms with Gasteiger partial charge in [0.15, 0.2) is 11.6 Å². The third kappa shape index (κ3) is 2.04. The van der Waals surface area contributed by atoms with Crippen LogP contribution in [0.1, 0.15) is 23.1 Å². The Balaban J connectivity index is 2.04. The molecule has 1 aliphatic carbocycles. The predicted octanol–water partition coefficient (Wildman–Crippen LogP) is 3.31. The minimum atomic E-state index is -0.832. The van der Waals surface area contributed by atoms with Crippen molar-refractivity contribution < 1.29 is 8.78 Å². The molecule has 0 spiro atoms. The van der Waals surface area contributed by atoms with Crippen LogP contribution >= 0.6 is 0 Å². The first-order chi connectivity index (χ1) is 9.10. The molecule has 2 aromatic rings. The number of fused-ring (bicyclic) bond motifs is 1. The lowest BCUT2D eigenvalue weighted by Gasteiger charge is -2.35. The number of hydrogen-bond donors (Lipinski definition) is 1. The number of halogens is 2. The fourth-order valence-electron chi connectivity index (χ4n) is 2.88. The van der Waals surface area contributed by atoms with Gasteiger partial charge >= 0.3 is 0 Å². The molecule has 2 aromatic carbocycles. The second kappa shape index (κ2) is 4.42. The molecule has 0 amide bonds. The smallest absolute Gasteiger partial charge is 0.163 e. The second-order valence-corrected chi connectivity index (χ2v) is 5.20. The van der Waals surface area contributed by atoms with E-state index in [4.69, 9.17) is 5.73 Å². The molecular weight excluding hydrogens is 244 g/mol. The molecule has 3 heteroatoms. The van der Waals surface area contributed by atoms with Gasteiger partial charge in [0.25, 0.3) is 0 Å². The first-order valence-corrected chi connectivity index (χ1v) is 6.40. The fraction of sp³-hybridized carbons (Fsp3) is 0.250. The van der Waals surface area contributed by atoms with Crippen LogP contribution in [0.4, 0.5) is 8.78 Å². The highest BCUT2D eigenvalue weighted by Crippen LogP contribution is 2.35. The number of hydrogen-bond acceptors (Lipinski definition) is 1.